The molecule has 1 aromatic carbocycles. The van der Waals surface area contributed by atoms with Gasteiger partial charge in [-0.2, -0.15) is 0 Å². The number of nitrogens with one attached hydrogen (secondary N) is 1. The molecule has 2 atom stereocenters. The van der Waals surface area contributed by atoms with Crippen molar-refractivity contribution in [3.8, 4) is 11.5 Å². The van der Waals surface area contributed by atoms with Gasteiger partial charge in [0, 0.05) is 6.04 Å². The third-order valence-corrected chi connectivity index (χ3v) is 2.88. The third kappa shape index (κ3) is 4.96. The first-order chi connectivity index (χ1) is 8.67. The smallest absolute Gasteiger partial charge is 0.120 e. The lowest BCUT2D eigenvalue weighted by Crippen LogP contribution is -2.39. The second-order valence-corrected chi connectivity index (χ2v) is 4.47. The molecule has 0 saturated carbocycles. The Morgan fingerprint density at radius 1 is 1.06 bits per heavy atom. The maximum atomic E-state index is 5.89. The second kappa shape index (κ2) is 7.98. The molecule has 1 aromatic rings. The van der Waals surface area contributed by atoms with Crippen LogP contribution in [0.1, 0.15) is 34.1 Å². The molecule has 0 saturated heterocycles. The minimum Gasteiger partial charge on any atom is -0.494 e. The fraction of sp³-hybridized carbons (Fsp3) is 0.600. The van der Waals surface area contributed by atoms with E-state index in [2.05, 4.69) is 26.1 Å². The number of hydrogen-bond acceptors (Lipinski definition) is 3. The topological polar surface area (TPSA) is 30.5 Å². The summed E-state index contributed by atoms with van der Waals surface area (Å²) in [7, 11) is 0. The molecular formula is C15H25NO2. The minimum absolute atomic E-state index is 0.148. The van der Waals surface area contributed by atoms with Crippen LogP contribution in [0.15, 0.2) is 24.3 Å². The van der Waals surface area contributed by atoms with Crippen molar-refractivity contribution in [3.63, 3.8) is 0 Å². The van der Waals surface area contributed by atoms with Crippen LogP contribution in [-0.2, 0) is 0 Å². The molecule has 0 amide bonds. The van der Waals surface area contributed by atoms with E-state index in [1.165, 1.54) is 0 Å². The number of benzene rings is 1. The fourth-order valence-corrected chi connectivity index (χ4v) is 1.64. The van der Waals surface area contributed by atoms with Crippen LogP contribution in [-0.4, -0.2) is 25.3 Å². The lowest BCUT2D eigenvalue weighted by Gasteiger charge is -2.22. The summed E-state index contributed by atoms with van der Waals surface area (Å²) < 4.78 is 11.3. The molecule has 0 aliphatic rings. The predicted molar refractivity (Wildman–Crippen MR) is 75.5 cm³/mol. The lowest BCUT2D eigenvalue weighted by molar-refractivity contribution is 0.178. The summed E-state index contributed by atoms with van der Waals surface area (Å²) >= 11 is 0. The molecule has 0 heterocycles. The van der Waals surface area contributed by atoms with Gasteiger partial charge in [-0.05, 0) is 58.0 Å². The highest BCUT2D eigenvalue weighted by Crippen LogP contribution is 2.19. The van der Waals surface area contributed by atoms with Crippen molar-refractivity contribution in [1.82, 2.24) is 5.32 Å². The first-order valence-electron chi connectivity index (χ1n) is 6.80. The van der Waals surface area contributed by atoms with Crippen LogP contribution in [0, 0.1) is 0 Å². The summed E-state index contributed by atoms with van der Waals surface area (Å²) in [5.74, 6) is 1.77. The van der Waals surface area contributed by atoms with Gasteiger partial charge in [-0.15, -0.1) is 0 Å². The summed E-state index contributed by atoms with van der Waals surface area (Å²) in [5, 5.41) is 3.43. The van der Waals surface area contributed by atoms with E-state index in [1.807, 2.05) is 31.2 Å². The maximum absolute atomic E-state index is 5.89. The van der Waals surface area contributed by atoms with Crippen LogP contribution < -0.4 is 14.8 Å². The average molecular weight is 251 g/mol. The van der Waals surface area contributed by atoms with Crippen molar-refractivity contribution in [1.29, 1.82) is 0 Å². The van der Waals surface area contributed by atoms with Crippen LogP contribution in [0.2, 0.25) is 0 Å². The molecule has 3 heteroatoms. The van der Waals surface area contributed by atoms with E-state index in [4.69, 9.17) is 9.47 Å². The largest absolute Gasteiger partial charge is 0.494 e. The molecule has 2 unspecified atom stereocenters. The Kier molecular flexibility index (Phi) is 6.58. The van der Waals surface area contributed by atoms with Gasteiger partial charge in [-0.3, -0.25) is 0 Å². The molecule has 0 bridgehead atoms. The van der Waals surface area contributed by atoms with Gasteiger partial charge in [0.05, 0.1) is 6.61 Å². The normalized spacial score (nSPS) is 14.0. The molecule has 18 heavy (non-hydrogen) atoms. The minimum atomic E-state index is 0.148. The van der Waals surface area contributed by atoms with Crippen molar-refractivity contribution in [2.75, 3.05) is 13.2 Å². The summed E-state index contributed by atoms with van der Waals surface area (Å²) in [5.41, 5.74) is 0. The highest BCUT2D eigenvalue weighted by Gasteiger charge is 2.12. The van der Waals surface area contributed by atoms with Gasteiger partial charge in [0.2, 0.25) is 0 Å². The van der Waals surface area contributed by atoms with Crippen LogP contribution in [0.25, 0.3) is 0 Å². The number of hydrogen-bond donors (Lipinski definition) is 1. The quantitative estimate of drug-likeness (QED) is 0.769. The predicted octanol–water partition coefficient (Wildman–Crippen LogP) is 3.24. The second-order valence-electron chi connectivity index (χ2n) is 4.47. The van der Waals surface area contributed by atoms with Crippen LogP contribution in [0.3, 0.4) is 0 Å². The lowest BCUT2D eigenvalue weighted by atomic mass is 10.2. The summed E-state index contributed by atoms with van der Waals surface area (Å²) in [6, 6.07) is 8.13. The summed E-state index contributed by atoms with van der Waals surface area (Å²) in [6.45, 7) is 10.1. The van der Waals surface area contributed by atoms with Crippen molar-refractivity contribution >= 4 is 0 Å². The standard InChI is InChI=1S/C15H25NO2/c1-5-11-16-12(3)13(4)18-15-9-7-14(8-10-15)17-6-2/h7-10,12-13,16H,5-6,11H2,1-4H3. The molecule has 0 spiro atoms. The zero-order valence-corrected chi connectivity index (χ0v) is 11.9. The van der Waals surface area contributed by atoms with E-state index in [0.717, 1.165) is 24.5 Å². The van der Waals surface area contributed by atoms with Crippen LogP contribution in [0.4, 0.5) is 0 Å². The first kappa shape index (κ1) is 14.8. The Hall–Kier alpha value is -1.22. The molecule has 1 N–H and O–H groups in total. The zero-order valence-electron chi connectivity index (χ0n) is 11.9. The Bertz CT molecular complexity index is 324. The monoisotopic (exact) mass is 251 g/mol. The Morgan fingerprint density at radius 2 is 1.67 bits per heavy atom. The van der Waals surface area contributed by atoms with E-state index in [0.29, 0.717) is 12.6 Å². The molecule has 0 aromatic heterocycles. The van der Waals surface area contributed by atoms with Gasteiger partial charge in [0.15, 0.2) is 0 Å². The van der Waals surface area contributed by atoms with Gasteiger partial charge >= 0.3 is 0 Å². The van der Waals surface area contributed by atoms with E-state index in [1.54, 1.807) is 0 Å². The Morgan fingerprint density at radius 3 is 2.22 bits per heavy atom. The summed E-state index contributed by atoms with van der Waals surface area (Å²) in [4.78, 5) is 0. The molecule has 0 fully saturated rings. The van der Waals surface area contributed by atoms with E-state index < -0.39 is 0 Å². The number of rotatable bonds is 8. The number of ether oxygens (including phenoxy) is 2. The third-order valence-electron chi connectivity index (χ3n) is 2.88. The SMILES string of the molecule is CCCNC(C)C(C)Oc1ccc(OCC)cc1. The molecule has 0 aliphatic carbocycles. The van der Waals surface area contributed by atoms with E-state index in [-0.39, 0.29) is 6.10 Å². The van der Waals surface area contributed by atoms with Gasteiger partial charge in [0.1, 0.15) is 17.6 Å². The van der Waals surface area contributed by atoms with Crippen LogP contribution in [0.5, 0.6) is 11.5 Å². The van der Waals surface area contributed by atoms with Gasteiger partial charge < -0.3 is 14.8 Å². The molecule has 0 radical (unpaired) electrons. The highest BCUT2D eigenvalue weighted by molar-refractivity contribution is 5.31. The molecule has 0 aliphatic heterocycles. The zero-order chi connectivity index (χ0) is 13.4. The van der Waals surface area contributed by atoms with E-state index >= 15 is 0 Å². The van der Waals surface area contributed by atoms with Crippen molar-refractivity contribution in [2.45, 2.75) is 46.3 Å². The molecule has 3 nitrogen and oxygen atoms in total. The van der Waals surface area contributed by atoms with Crippen LogP contribution >= 0.6 is 0 Å². The Labute approximate surface area is 110 Å². The average Bonchev–Trinajstić information content (AvgIpc) is 2.38. The van der Waals surface area contributed by atoms with Gasteiger partial charge in [-0.1, -0.05) is 6.92 Å². The van der Waals surface area contributed by atoms with Crippen molar-refractivity contribution < 1.29 is 9.47 Å². The Balaban J connectivity index is 2.45. The molecule has 102 valence electrons. The highest BCUT2D eigenvalue weighted by atomic mass is 16.5. The fourth-order valence-electron chi connectivity index (χ4n) is 1.64. The molecular weight excluding hydrogens is 226 g/mol. The molecule has 1 rings (SSSR count). The maximum Gasteiger partial charge on any atom is 0.120 e. The first-order valence-corrected chi connectivity index (χ1v) is 6.80. The van der Waals surface area contributed by atoms with E-state index in [9.17, 15) is 0 Å². The van der Waals surface area contributed by atoms with Crippen molar-refractivity contribution in [3.05, 3.63) is 24.3 Å². The van der Waals surface area contributed by atoms with Gasteiger partial charge in [0.25, 0.3) is 0 Å². The van der Waals surface area contributed by atoms with Gasteiger partial charge in [-0.25, -0.2) is 0 Å². The van der Waals surface area contributed by atoms with Crippen molar-refractivity contribution in [2.24, 2.45) is 0 Å². The summed E-state index contributed by atoms with van der Waals surface area (Å²) in [6.07, 6.45) is 1.29.